The van der Waals surface area contributed by atoms with Crippen LogP contribution in [0, 0.1) is 10.8 Å². The van der Waals surface area contributed by atoms with E-state index in [1.807, 2.05) is 32.9 Å². The third-order valence-corrected chi connectivity index (χ3v) is 6.93. The first-order valence-corrected chi connectivity index (χ1v) is 14.9. The van der Waals surface area contributed by atoms with Crippen LogP contribution >= 0.6 is 0 Å². The number of esters is 2. The van der Waals surface area contributed by atoms with E-state index in [-0.39, 0.29) is 17.3 Å². The molecule has 3 rings (SSSR count). The van der Waals surface area contributed by atoms with E-state index in [0.29, 0.717) is 53.2 Å². The summed E-state index contributed by atoms with van der Waals surface area (Å²) >= 11 is 0. The highest BCUT2D eigenvalue weighted by Crippen LogP contribution is 2.28. The van der Waals surface area contributed by atoms with Gasteiger partial charge in [0.25, 0.3) is 0 Å². The van der Waals surface area contributed by atoms with Gasteiger partial charge in [-0.15, -0.1) is 0 Å². The summed E-state index contributed by atoms with van der Waals surface area (Å²) in [6.07, 6.45) is 4.55. The predicted molar refractivity (Wildman–Crippen MR) is 173 cm³/mol. The molecule has 0 spiro atoms. The molecule has 44 heavy (non-hydrogen) atoms. The fourth-order valence-electron chi connectivity index (χ4n) is 4.33. The zero-order valence-corrected chi connectivity index (χ0v) is 26.5. The lowest BCUT2D eigenvalue weighted by atomic mass is 9.96. The van der Waals surface area contributed by atoms with Crippen molar-refractivity contribution in [1.29, 1.82) is 5.41 Å². The van der Waals surface area contributed by atoms with E-state index in [9.17, 15) is 14.4 Å². The summed E-state index contributed by atoms with van der Waals surface area (Å²) in [4.78, 5) is 36.6. The van der Waals surface area contributed by atoms with Gasteiger partial charge in [-0.3, -0.25) is 5.41 Å². The van der Waals surface area contributed by atoms with E-state index in [1.54, 1.807) is 38.1 Å². The van der Waals surface area contributed by atoms with Crippen LogP contribution in [-0.2, 0) is 31.9 Å². The van der Waals surface area contributed by atoms with Gasteiger partial charge in [-0.2, -0.15) is 0 Å². The summed E-state index contributed by atoms with van der Waals surface area (Å²) in [5, 5.41) is 8.93. The number of rotatable bonds is 14. The van der Waals surface area contributed by atoms with Crippen LogP contribution in [0.25, 0.3) is 22.1 Å². The van der Waals surface area contributed by atoms with Crippen molar-refractivity contribution in [3.8, 4) is 16.9 Å². The lowest BCUT2D eigenvalue weighted by molar-refractivity contribution is -0.139. The van der Waals surface area contributed by atoms with Gasteiger partial charge in [0.05, 0.1) is 18.8 Å². The van der Waals surface area contributed by atoms with Gasteiger partial charge in [-0.1, -0.05) is 52.1 Å². The first-order valence-electron chi connectivity index (χ1n) is 14.9. The maximum Gasteiger partial charge on any atom is 0.344 e. The number of hydrogen-bond acceptors (Lipinski definition) is 8. The molecule has 1 aromatic heterocycles. The molecule has 3 aromatic rings. The van der Waals surface area contributed by atoms with Crippen molar-refractivity contribution in [3.63, 3.8) is 0 Å². The quantitative estimate of drug-likeness (QED) is 0.0382. The Hall–Kier alpha value is -4.46. The van der Waals surface area contributed by atoms with Crippen molar-refractivity contribution in [3.05, 3.63) is 88.3 Å². The maximum absolute atomic E-state index is 13.1. The average molecular weight is 602 g/mol. The Morgan fingerprint density at radius 3 is 2.07 bits per heavy atom. The highest BCUT2D eigenvalue weighted by Gasteiger charge is 2.19. The van der Waals surface area contributed by atoms with Crippen molar-refractivity contribution in [2.24, 2.45) is 5.41 Å². The molecule has 0 bridgehead atoms. The van der Waals surface area contributed by atoms with Gasteiger partial charge in [0.2, 0.25) is 0 Å². The van der Waals surface area contributed by atoms with E-state index in [1.165, 1.54) is 0 Å². The summed E-state index contributed by atoms with van der Waals surface area (Å²) < 4.78 is 22.0. The molecule has 8 nitrogen and oxygen atoms in total. The number of hydrogen-bond donors (Lipinski definition) is 1. The molecule has 0 atom stereocenters. The summed E-state index contributed by atoms with van der Waals surface area (Å²) in [6.45, 7) is 17.0. The van der Waals surface area contributed by atoms with Gasteiger partial charge in [-0.25, -0.2) is 14.4 Å². The van der Waals surface area contributed by atoms with Crippen molar-refractivity contribution in [2.45, 2.75) is 73.1 Å². The van der Waals surface area contributed by atoms with E-state index in [2.05, 4.69) is 19.2 Å². The molecule has 1 N–H and O–H groups in total. The molecular formula is C36H43NO7. The second-order valence-electron chi connectivity index (χ2n) is 12.1. The Bertz CT molecular complexity index is 1590. The Morgan fingerprint density at radius 2 is 1.45 bits per heavy atom. The number of fused-ring (bicyclic) bond motifs is 1. The number of aryl methyl sites for hydroxylation is 2. The monoisotopic (exact) mass is 601 g/mol. The highest BCUT2D eigenvalue weighted by molar-refractivity contribution is 5.89. The molecule has 8 heteroatoms. The van der Waals surface area contributed by atoms with Crippen LogP contribution < -0.4 is 10.4 Å². The van der Waals surface area contributed by atoms with Gasteiger partial charge in [0, 0.05) is 21.9 Å². The van der Waals surface area contributed by atoms with Gasteiger partial charge < -0.3 is 18.6 Å². The SMILES string of the molecule is C=C(C)C(=O)OCCCCc1cc(CCCCOC(=N)C(C)(C)C)c2cc(-c3ccc(OC(=O)C(=C)C)cc3)c(=O)oc2c1. The molecular weight excluding hydrogens is 558 g/mol. The topological polar surface area (TPSA) is 116 Å². The number of ether oxygens (including phenoxy) is 3. The largest absolute Gasteiger partial charge is 0.481 e. The molecule has 0 fully saturated rings. The molecule has 0 amide bonds. The molecule has 1 heterocycles. The maximum atomic E-state index is 13.1. The summed E-state index contributed by atoms with van der Waals surface area (Å²) in [5.41, 5.74) is 3.52. The zero-order valence-electron chi connectivity index (χ0n) is 26.5. The highest BCUT2D eigenvalue weighted by atomic mass is 16.5. The fourth-order valence-corrected chi connectivity index (χ4v) is 4.33. The predicted octanol–water partition coefficient (Wildman–Crippen LogP) is 7.75. The Kier molecular flexibility index (Phi) is 11.9. The summed E-state index contributed by atoms with van der Waals surface area (Å²) in [7, 11) is 0. The minimum Gasteiger partial charge on any atom is -0.481 e. The smallest absolute Gasteiger partial charge is 0.344 e. The van der Waals surface area contributed by atoms with E-state index in [0.717, 1.165) is 48.6 Å². The van der Waals surface area contributed by atoms with Crippen LogP contribution in [0.2, 0.25) is 0 Å². The van der Waals surface area contributed by atoms with Gasteiger partial charge in [0.1, 0.15) is 11.3 Å². The molecule has 0 aliphatic carbocycles. The number of carbonyl (C=O) groups excluding carboxylic acids is 2. The summed E-state index contributed by atoms with van der Waals surface area (Å²) in [5.74, 6) is -0.282. The van der Waals surface area contributed by atoms with Crippen LogP contribution in [0.5, 0.6) is 5.75 Å². The second kappa shape index (κ2) is 15.3. The van der Waals surface area contributed by atoms with Crippen LogP contribution in [-0.4, -0.2) is 31.1 Å². The van der Waals surface area contributed by atoms with Gasteiger partial charge in [-0.05, 0) is 93.3 Å². The molecule has 0 aliphatic rings. The Morgan fingerprint density at radius 1 is 0.841 bits per heavy atom. The van der Waals surface area contributed by atoms with Crippen molar-refractivity contribution in [2.75, 3.05) is 13.2 Å². The molecule has 234 valence electrons. The average Bonchev–Trinajstić information content (AvgIpc) is 2.96. The number of nitrogens with one attached hydrogen (secondary N) is 1. The molecule has 0 aliphatic heterocycles. The fraction of sp³-hybridized carbons (Fsp3) is 0.389. The van der Waals surface area contributed by atoms with Crippen LogP contribution in [0.1, 0.15) is 71.4 Å². The van der Waals surface area contributed by atoms with Gasteiger partial charge >= 0.3 is 17.6 Å². The van der Waals surface area contributed by atoms with Crippen LogP contribution in [0.4, 0.5) is 0 Å². The minimum atomic E-state index is -0.517. The normalized spacial score (nSPS) is 11.2. The van der Waals surface area contributed by atoms with E-state index < -0.39 is 11.6 Å². The number of unbranched alkanes of at least 4 members (excludes halogenated alkanes) is 2. The molecule has 0 radical (unpaired) electrons. The molecule has 0 saturated heterocycles. The van der Waals surface area contributed by atoms with E-state index >= 15 is 0 Å². The minimum absolute atomic E-state index is 0.269. The van der Waals surface area contributed by atoms with Crippen molar-refractivity contribution in [1.82, 2.24) is 0 Å². The van der Waals surface area contributed by atoms with E-state index in [4.69, 9.17) is 24.0 Å². The lowest BCUT2D eigenvalue weighted by Gasteiger charge is -2.19. The lowest BCUT2D eigenvalue weighted by Crippen LogP contribution is -2.22. The molecule has 0 saturated carbocycles. The van der Waals surface area contributed by atoms with Crippen molar-refractivity contribution < 1.29 is 28.2 Å². The molecule has 2 aromatic carbocycles. The number of benzene rings is 2. The Balaban J connectivity index is 1.83. The first kappa shape index (κ1) is 34.0. The number of carbonyl (C=O) groups is 2. The third-order valence-electron chi connectivity index (χ3n) is 6.93. The molecule has 0 unspecified atom stereocenters. The standard InChI is InChI=1S/C36H43NO7/c1-23(2)32(38)41-18-10-8-12-25-20-27(13-9-11-19-42-35(37)36(5,6)7)29-22-30(34(40)44-31(29)21-25)26-14-16-28(17-15-26)43-33(39)24(3)4/h14-17,20-22,37H,1,3,8-13,18-19H2,2,4-7H3. The third kappa shape index (κ3) is 9.79. The zero-order chi connectivity index (χ0) is 32.4. The Labute approximate surface area is 259 Å². The first-order chi connectivity index (χ1) is 20.8. The van der Waals surface area contributed by atoms with Crippen LogP contribution in [0.15, 0.2) is 76.0 Å². The van der Waals surface area contributed by atoms with Gasteiger partial charge in [0.15, 0.2) is 5.90 Å². The second-order valence-corrected chi connectivity index (χ2v) is 12.1. The van der Waals surface area contributed by atoms with Crippen molar-refractivity contribution >= 4 is 28.8 Å². The summed E-state index contributed by atoms with van der Waals surface area (Å²) in [6, 6.07) is 12.6. The van der Waals surface area contributed by atoms with Crippen LogP contribution in [0.3, 0.4) is 0 Å².